The zero-order valence-corrected chi connectivity index (χ0v) is 17.3. The van der Waals surface area contributed by atoms with Crippen LogP contribution >= 0.6 is 0 Å². The molecule has 0 saturated heterocycles. The van der Waals surface area contributed by atoms with Gasteiger partial charge in [0.1, 0.15) is 5.75 Å². The highest BCUT2D eigenvalue weighted by atomic mass is 16.5. The monoisotopic (exact) mass is 397 g/mol. The maximum absolute atomic E-state index is 12.3. The third-order valence-electron chi connectivity index (χ3n) is 4.33. The van der Waals surface area contributed by atoms with Crippen LogP contribution in [0, 0.1) is 11.3 Å². The lowest BCUT2D eigenvalue weighted by Gasteiger charge is -2.25. The van der Waals surface area contributed by atoms with Gasteiger partial charge in [0, 0.05) is 12.6 Å². The number of amides is 1. The van der Waals surface area contributed by atoms with Gasteiger partial charge in [0.25, 0.3) is 5.91 Å². The van der Waals surface area contributed by atoms with Crippen LogP contribution in [-0.4, -0.2) is 51.8 Å². The average Bonchev–Trinajstić information content (AvgIpc) is 2.73. The molecule has 0 heterocycles. The zero-order valence-electron chi connectivity index (χ0n) is 17.3. The second-order valence-corrected chi connectivity index (χ2v) is 6.56. The number of methoxy groups -OCH3 is 1. The highest BCUT2D eigenvalue weighted by molar-refractivity contribution is 5.77. The molecule has 0 aliphatic heterocycles. The summed E-state index contributed by atoms with van der Waals surface area (Å²) in [6, 6.07) is 14.7. The van der Waals surface area contributed by atoms with Crippen LogP contribution in [-0.2, 0) is 4.79 Å². The molecular formula is C22H27N3O4. The summed E-state index contributed by atoms with van der Waals surface area (Å²) in [6.45, 7) is 2.55. The molecule has 0 radical (unpaired) electrons. The van der Waals surface area contributed by atoms with Crippen molar-refractivity contribution < 1.29 is 19.0 Å². The number of likely N-dealkylation sites (N-methyl/N-ethyl adjacent to an activating group) is 1. The van der Waals surface area contributed by atoms with Crippen molar-refractivity contribution in [2.24, 2.45) is 0 Å². The Bertz CT molecular complexity index is 861. The van der Waals surface area contributed by atoms with Gasteiger partial charge in [-0.05, 0) is 50.8 Å². The van der Waals surface area contributed by atoms with Crippen LogP contribution in [0.25, 0.3) is 0 Å². The van der Waals surface area contributed by atoms with Crippen molar-refractivity contribution in [1.29, 1.82) is 5.26 Å². The van der Waals surface area contributed by atoms with Crippen LogP contribution in [0.15, 0.2) is 42.5 Å². The first-order valence-electron chi connectivity index (χ1n) is 9.35. The quantitative estimate of drug-likeness (QED) is 0.664. The minimum Gasteiger partial charge on any atom is -0.497 e. The number of carbonyl (C=O) groups excluding carboxylic acids is 1. The van der Waals surface area contributed by atoms with Gasteiger partial charge >= 0.3 is 0 Å². The van der Waals surface area contributed by atoms with Crippen molar-refractivity contribution >= 4 is 5.91 Å². The molecule has 1 amide bonds. The maximum Gasteiger partial charge on any atom is 0.258 e. The van der Waals surface area contributed by atoms with Crippen molar-refractivity contribution in [1.82, 2.24) is 10.2 Å². The number of nitriles is 1. The SMILES string of the molecule is CCOc1cc(C#N)ccc1OCC(=O)NCC(c1cccc(OC)c1)N(C)C. The fraction of sp³-hybridized carbons (Fsp3) is 0.364. The predicted octanol–water partition coefficient (Wildman–Crippen LogP) is 2.76. The minimum absolute atomic E-state index is 0.0112. The summed E-state index contributed by atoms with van der Waals surface area (Å²) in [6.07, 6.45) is 0. The number of hydrogen-bond donors (Lipinski definition) is 1. The zero-order chi connectivity index (χ0) is 21.2. The Hall–Kier alpha value is -3.24. The van der Waals surface area contributed by atoms with E-state index >= 15 is 0 Å². The molecule has 0 bridgehead atoms. The van der Waals surface area contributed by atoms with Crippen LogP contribution in [0.4, 0.5) is 0 Å². The van der Waals surface area contributed by atoms with Gasteiger partial charge in [-0.3, -0.25) is 4.79 Å². The predicted molar refractivity (Wildman–Crippen MR) is 110 cm³/mol. The van der Waals surface area contributed by atoms with E-state index in [1.807, 2.05) is 50.2 Å². The molecule has 0 aliphatic carbocycles. The van der Waals surface area contributed by atoms with Crippen LogP contribution in [0.3, 0.4) is 0 Å². The summed E-state index contributed by atoms with van der Waals surface area (Å²) in [5, 5.41) is 11.9. The fourth-order valence-electron chi connectivity index (χ4n) is 2.82. The Morgan fingerprint density at radius 2 is 1.97 bits per heavy atom. The van der Waals surface area contributed by atoms with Crippen LogP contribution in [0.5, 0.6) is 17.2 Å². The Balaban J connectivity index is 1.97. The van der Waals surface area contributed by atoms with E-state index < -0.39 is 0 Å². The molecule has 154 valence electrons. The normalized spacial score (nSPS) is 11.4. The molecular weight excluding hydrogens is 370 g/mol. The summed E-state index contributed by atoms with van der Waals surface area (Å²) >= 11 is 0. The Morgan fingerprint density at radius 3 is 2.62 bits per heavy atom. The molecule has 0 aliphatic rings. The summed E-state index contributed by atoms with van der Waals surface area (Å²) in [7, 11) is 5.54. The third-order valence-corrected chi connectivity index (χ3v) is 4.33. The van der Waals surface area contributed by atoms with Gasteiger partial charge in [-0.1, -0.05) is 12.1 Å². The second-order valence-electron chi connectivity index (χ2n) is 6.56. The molecule has 2 aromatic carbocycles. The van der Waals surface area contributed by atoms with Crippen molar-refractivity contribution in [3.63, 3.8) is 0 Å². The van der Waals surface area contributed by atoms with E-state index in [4.69, 9.17) is 19.5 Å². The van der Waals surface area contributed by atoms with E-state index in [0.717, 1.165) is 11.3 Å². The van der Waals surface area contributed by atoms with E-state index in [1.165, 1.54) is 0 Å². The number of nitrogens with zero attached hydrogens (tertiary/aromatic N) is 2. The van der Waals surface area contributed by atoms with Crippen molar-refractivity contribution in [2.45, 2.75) is 13.0 Å². The lowest BCUT2D eigenvalue weighted by Crippen LogP contribution is -2.36. The van der Waals surface area contributed by atoms with E-state index in [1.54, 1.807) is 25.3 Å². The summed E-state index contributed by atoms with van der Waals surface area (Å²) < 4.78 is 16.4. The van der Waals surface area contributed by atoms with Crippen molar-refractivity contribution in [2.75, 3.05) is 41.0 Å². The molecule has 7 heteroatoms. The molecule has 1 unspecified atom stereocenters. The fourth-order valence-corrected chi connectivity index (χ4v) is 2.82. The van der Waals surface area contributed by atoms with Crippen molar-refractivity contribution in [3.8, 4) is 23.3 Å². The average molecular weight is 397 g/mol. The maximum atomic E-state index is 12.3. The standard InChI is InChI=1S/C22H27N3O4/c1-5-28-21-11-16(13-23)9-10-20(21)29-15-22(26)24-14-19(25(2)3)17-7-6-8-18(12-17)27-4/h6-12,19H,5,14-15H2,1-4H3,(H,24,26). The molecule has 1 N–H and O–H groups in total. The number of carbonyl (C=O) groups is 1. The lowest BCUT2D eigenvalue weighted by atomic mass is 10.1. The largest absolute Gasteiger partial charge is 0.497 e. The number of hydrogen-bond acceptors (Lipinski definition) is 6. The Labute approximate surface area is 171 Å². The summed E-state index contributed by atoms with van der Waals surface area (Å²) in [5.41, 5.74) is 1.51. The Morgan fingerprint density at radius 1 is 1.17 bits per heavy atom. The highest BCUT2D eigenvalue weighted by Gasteiger charge is 2.16. The highest BCUT2D eigenvalue weighted by Crippen LogP contribution is 2.28. The molecule has 7 nitrogen and oxygen atoms in total. The van der Waals surface area contributed by atoms with Gasteiger partial charge in [0.2, 0.25) is 0 Å². The Kier molecular flexibility index (Phi) is 8.31. The summed E-state index contributed by atoms with van der Waals surface area (Å²) in [5.74, 6) is 1.40. The van der Waals surface area contributed by atoms with Crippen LogP contribution in [0.1, 0.15) is 24.1 Å². The number of nitrogens with one attached hydrogen (secondary N) is 1. The van der Waals surface area contributed by atoms with Gasteiger partial charge in [0.15, 0.2) is 18.1 Å². The van der Waals surface area contributed by atoms with Gasteiger partial charge in [-0.2, -0.15) is 5.26 Å². The smallest absolute Gasteiger partial charge is 0.258 e. The number of ether oxygens (including phenoxy) is 3. The molecule has 1 atom stereocenters. The van der Waals surface area contributed by atoms with Gasteiger partial charge in [-0.15, -0.1) is 0 Å². The number of benzene rings is 2. The van der Waals surface area contributed by atoms with Crippen molar-refractivity contribution in [3.05, 3.63) is 53.6 Å². The van der Waals surface area contributed by atoms with Crippen LogP contribution < -0.4 is 19.5 Å². The first kappa shape index (κ1) is 22.1. The number of rotatable bonds is 10. The molecule has 2 rings (SSSR count). The second kappa shape index (κ2) is 10.9. The van der Waals surface area contributed by atoms with E-state index in [9.17, 15) is 4.79 Å². The van der Waals surface area contributed by atoms with E-state index in [2.05, 4.69) is 11.4 Å². The molecule has 29 heavy (non-hydrogen) atoms. The van der Waals surface area contributed by atoms with Gasteiger partial charge in [0.05, 0.1) is 31.4 Å². The van der Waals surface area contributed by atoms with Gasteiger partial charge in [-0.25, -0.2) is 0 Å². The molecule has 2 aromatic rings. The summed E-state index contributed by atoms with van der Waals surface area (Å²) in [4.78, 5) is 14.3. The first-order chi connectivity index (χ1) is 14.0. The minimum atomic E-state index is -0.244. The molecule has 0 saturated carbocycles. The molecule has 0 fully saturated rings. The van der Waals surface area contributed by atoms with Crippen LogP contribution in [0.2, 0.25) is 0 Å². The molecule has 0 spiro atoms. The van der Waals surface area contributed by atoms with E-state index in [-0.39, 0.29) is 18.6 Å². The first-order valence-corrected chi connectivity index (χ1v) is 9.35. The topological polar surface area (TPSA) is 83.8 Å². The van der Waals surface area contributed by atoms with Gasteiger partial charge < -0.3 is 24.4 Å². The lowest BCUT2D eigenvalue weighted by molar-refractivity contribution is -0.123. The van der Waals surface area contributed by atoms with E-state index in [0.29, 0.717) is 30.2 Å². The third kappa shape index (κ3) is 6.40. The molecule has 0 aromatic heterocycles.